The number of nitrogens with one attached hydrogen (secondary N) is 1. The number of amides is 1. The molecule has 3 N–H and O–H groups in total. The Hall–Kier alpha value is -1.93. The Kier molecular flexibility index (Phi) is 4.83. The minimum absolute atomic E-state index is 0.331. The van der Waals surface area contributed by atoms with Crippen molar-refractivity contribution in [3.05, 3.63) is 46.0 Å². The zero-order valence-corrected chi connectivity index (χ0v) is 14.4. The van der Waals surface area contributed by atoms with Crippen molar-refractivity contribution in [1.29, 1.82) is 0 Å². The van der Waals surface area contributed by atoms with Gasteiger partial charge >= 0.3 is 6.18 Å². The smallest absolute Gasteiger partial charge is 0.320 e. The molecule has 4 nitrogen and oxygen atoms in total. The van der Waals surface area contributed by atoms with Crippen molar-refractivity contribution in [2.45, 2.75) is 44.3 Å². The van der Waals surface area contributed by atoms with Gasteiger partial charge in [-0.2, -0.15) is 13.2 Å². The van der Waals surface area contributed by atoms with Crippen LogP contribution in [0.2, 0.25) is 0 Å². The Labute approximate surface area is 147 Å². The lowest BCUT2D eigenvalue weighted by atomic mass is 10.1. The maximum Gasteiger partial charge on any atom is 0.416 e. The zero-order valence-electron chi connectivity index (χ0n) is 13.6. The van der Waals surface area contributed by atoms with Gasteiger partial charge in [0.1, 0.15) is 0 Å². The summed E-state index contributed by atoms with van der Waals surface area (Å²) in [6.45, 7) is 1.58. The van der Waals surface area contributed by atoms with Gasteiger partial charge in [0.2, 0.25) is 5.91 Å². The van der Waals surface area contributed by atoms with Gasteiger partial charge in [0.15, 0.2) is 5.13 Å². The number of rotatable bonds is 5. The van der Waals surface area contributed by atoms with Crippen LogP contribution in [-0.2, 0) is 17.4 Å². The van der Waals surface area contributed by atoms with Crippen molar-refractivity contribution < 1.29 is 18.0 Å². The Morgan fingerprint density at radius 3 is 2.76 bits per heavy atom. The molecular formula is C17H18F3N3OS. The van der Waals surface area contributed by atoms with Gasteiger partial charge in [-0.1, -0.05) is 18.2 Å². The quantitative estimate of drug-likeness (QED) is 0.839. The molecule has 1 heterocycles. The molecule has 1 saturated carbocycles. The molecule has 1 aliphatic carbocycles. The second kappa shape index (κ2) is 6.76. The van der Waals surface area contributed by atoms with Crippen LogP contribution in [0.4, 0.5) is 18.3 Å². The summed E-state index contributed by atoms with van der Waals surface area (Å²) in [4.78, 5) is 17.1. The molecule has 0 spiro atoms. The van der Waals surface area contributed by atoms with E-state index in [4.69, 9.17) is 5.73 Å². The summed E-state index contributed by atoms with van der Waals surface area (Å²) in [5.74, 6) is -0.000262. The molecule has 1 amide bonds. The van der Waals surface area contributed by atoms with Crippen molar-refractivity contribution in [3.63, 3.8) is 0 Å². The number of hydrogen-bond acceptors (Lipinski definition) is 4. The number of nitrogens with two attached hydrogens (primary N) is 1. The van der Waals surface area contributed by atoms with Gasteiger partial charge in [0.25, 0.3) is 0 Å². The fourth-order valence-corrected chi connectivity index (χ4v) is 3.57. The Bertz CT molecular complexity index is 782. The second-order valence-electron chi connectivity index (χ2n) is 6.25. The summed E-state index contributed by atoms with van der Waals surface area (Å²) < 4.78 is 38.6. The number of nitrogens with zero attached hydrogens (tertiary/aromatic N) is 1. The molecule has 1 atom stereocenters. The van der Waals surface area contributed by atoms with Crippen molar-refractivity contribution in [3.8, 4) is 0 Å². The first-order chi connectivity index (χ1) is 11.7. The van der Waals surface area contributed by atoms with Gasteiger partial charge in [-0.15, -0.1) is 11.3 Å². The van der Waals surface area contributed by atoms with E-state index in [2.05, 4.69) is 10.3 Å². The summed E-state index contributed by atoms with van der Waals surface area (Å²) in [7, 11) is 0. The fraction of sp³-hybridized carbons (Fsp3) is 0.412. The van der Waals surface area contributed by atoms with Gasteiger partial charge in [-0.05, 0) is 31.4 Å². The highest BCUT2D eigenvalue weighted by Crippen LogP contribution is 2.44. The van der Waals surface area contributed by atoms with Crippen LogP contribution in [0.15, 0.2) is 24.3 Å². The maximum absolute atomic E-state index is 12.9. The normalized spacial score (nSPS) is 15.9. The van der Waals surface area contributed by atoms with Crippen LogP contribution >= 0.6 is 11.3 Å². The van der Waals surface area contributed by atoms with E-state index in [1.807, 2.05) is 0 Å². The minimum atomic E-state index is -4.36. The van der Waals surface area contributed by atoms with Crippen LogP contribution in [0, 0.1) is 0 Å². The molecule has 2 aromatic rings. The lowest BCUT2D eigenvalue weighted by Crippen LogP contribution is -2.32. The second-order valence-corrected chi connectivity index (χ2v) is 7.34. The summed E-state index contributed by atoms with van der Waals surface area (Å²) in [6, 6.07) is 4.66. The van der Waals surface area contributed by atoms with Gasteiger partial charge in [0.05, 0.1) is 17.3 Å². The standard InChI is InChI=1S/C17H18F3N3OS/c1-9(21)15(24)23-16-22-14(11-5-6-11)13(25-16)8-10-3-2-4-12(7-10)17(18,19)20/h2-4,7,9,11H,5-6,8,21H2,1H3,(H,22,23,24)/t9-/m1/s1. The van der Waals surface area contributed by atoms with Crippen molar-refractivity contribution in [1.82, 2.24) is 4.98 Å². The number of anilines is 1. The fourth-order valence-electron chi connectivity index (χ4n) is 2.48. The largest absolute Gasteiger partial charge is 0.416 e. The Morgan fingerprint density at radius 2 is 2.16 bits per heavy atom. The predicted octanol–water partition coefficient (Wildman–Crippen LogP) is 3.92. The van der Waals surface area contributed by atoms with Gasteiger partial charge in [-0.25, -0.2) is 4.98 Å². The predicted molar refractivity (Wildman–Crippen MR) is 90.6 cm³/mol. The molecule has 25 heavy (non-hydrogen) atoms. The number of thiazole rings is 1. The highest BCUT2D eigenvalue weighted by molar-refractivity contribution is 7.15. The molecule has 0 aliphatic heterocycles. The molecule has 134 valence electrons. The van der Waals surface area contributed by atoms with E-state index < -0.39 is 17.8 Å². The van der Waals surface area contributed by atoms with E-state index in [0.29, 0.717) is 23.0 Å². The van der Waals surface area contributed by atoms with E-state index in [0.717, 1.165) is 35.5 Å². The third-order valence-electron chi connectivity index (χ3n) is 3.95. The topological polar surface area (TPSA) is 68.0 Å². The minimum Gasteiger partial charge on any atom is -0.320 e. The van der Waals surface area contributed by atoms with E-state index in [1.54, 1.807) is 13.0 Å². The molecule has 0 radical (unpaired) electrons. The lowest BCUT2D eigenvalue weighted by Gasteiger charge is -2.08. The van der Waals surface area contributed by atoms with Crippen LogP contribution in [0.3, 0.4) is 0 Å². The number of halogens is 3. The van der Waals surface area contributed by atoms with Gasteiger partial charge in [0, 0.05) is 17.2 Å². The lowest BCUT2D eigenvalue weighted by molar-refractivity contribution is -0.137. The number of hydrogen-bond donors (Lipinski definition) is 2. The summed E-state index contributed by atoms with van der Waals surface area (Å²) in [5, 5.41) is 3.12. The van der Waals surface area contributed by atoms with Gasteiger partial charge in [-0.3, -0.25) is 4.79 Å². The molecule has 1 aliphatic rings. The molecule has 0 unspecified atom stereocenters. The number of carbonyl (C=O) groups excluding carboxylic acids is 1. The number of alkyl halides is 3. The van der Waals surface area contributed by atoms with Crippen molar-refractivity contribution >= 4 is 22.4 Å². The van der Waals surface area contributed by atoms with Crippen molar-refractivity contribution in [2.75, 3.05) is 5.32 Å². The monoisotopic (exact) mass is 369 g/mol. The molecule has 3 rings (SSSR count). The number of aromatic nitrogens is 1. The number of benzene rings is 1. The molecular weight excluding hydrogens is 351 g/mol. The van der Waals surface area contributed by atoms with Crippen LogP contribution in [-0.4, -0.2) is 16.9 Å². The SMILES string of the molecule is C[C@@H](N)C(=O)Nc1nc(C2CC2)c(Cc2cccc(C(F)(F)F)c2)s1. The summed E-state index contributed by atoms with van der Waals surface area (Å²) in [6.07, 6.45) is -1.97. The summed E-state index contributed by atoms with van der Waals surface area (Å²) in [5.41, 5.74) is 6.33. The Morgan fingerprint density at radius 1 is 1.44 bits per heavy atom. The van der Waals surface area contributed by atoms with Crippen LogP contribution < -0.4 is 11.1 Å². The van der Waals surface area contributed by atoms with E-state index in [9.17, 15) is 18.0 Å². The number of carbonyl (C=O) groups is 1. The molecule has 1 fully saturated rings. The summed E-state index contributed by atoms with van der Waals surface area (Å²) >= 11 is 1.30. The van der Waals surface area contributed by atoms with E-state index in [-0.39, 0.29) is 5.91 Å². The zero-order chi connectivity index (χ0) is 18.2. The van der Waals surface area contributed by atoms with Crippen LogP contribution in [0.5, 0.6) is 0 Å². The molecule has 1 aromatic heterocycles. The molecule has 0 bridgehead atoms. The maximum atomic E-state index is 12.9. The molecule has 8 heteroatoms. The molecule has 0 saturated heterocycles. The third-order valence-corrected chi connectivity index (χ3v) is 4.94. The average Bonchev–Trinajstić information content (AvgIpc) is 3.30. The van der Waals surface area contributed by atoms with E-state index >= 15 is 0 Å². The van der Waals surface area contributed by atoms with Crippen LogP contribution in [0.1, 0.15) is 47.4 Å². The average molecular weight is 369 g/mol. The van der Waals surface area contributed by atoms with Crippen LogP contribution in [0.25, 0.3) is 0 Å². The first kappa shape index (κ1) is 17.9. The van der Waals surface area contributed by atoms with E-state index in [1.165, 1.54) is 17.4 Å². The van der Waals surface area contributed by atoms with Crippen molar-refractivity contribution in [2.24, 2.45) is 5.73 Å². The first-order valence-corrected chi connectivity index (χ1v) is 8.78. The molecule has 1 aromatic carbocycles. The highest BCUT2D eigenvalue weighted by atomic mass is 32.1. The third kappa shape index (κ3) is 4.38. The first-order valence-electron chi connectivity index (χ1n) is 7.96. The highest BCUT2D eigenvalue weighted by Gasteiger charge is 2.32. The Balaban J connectivity index is 1.84. The van der Waals surface area contributed by atoms with Gasteiger partial charge < -0.3 is 11.1 Å².